The maximum absolute atomic E-state index is 12.7. The largest absolute Gasteiger partial charge is 0.480 e. The van der Waals surface area contributed by atoms with E-state index in [0.717, 1.165) is 19.3 Å². The highest BCUT2D eigenvalue weighted by Gasteiger charge is 2.37. The van der Waals surface area contributed by atoms with Crippen molar-refractivity contribution in [1.29, 1.82) is 0 Å². The van der Waals surface area contributed by atoms with Crippen molar-refractivity contribution in [3.05, 3.63) is 0 Å². The number of unbranched alkanes of at least 4 members (excludes halogenated alkanes) is 2. The number of carboxylic acid groups (broad SMARTS) is 1. The standard InChI is InChI=1S/C16H29N3O5/c1-2-3-11-24-16(23)18-12(7-4-5-9-17)14(20)19-10-6-8-13(19)15(21)22/h12-13H,2-11,17H2,1H3,(H,18,23)(H,21,22)/t12?,13-/m0/s1. The molecule has 138 valence electrons. The number of hydrogen-bond acceptors (Lipinski definition) is 5. The van der Waals surface area contributed by atoms with Gasteiger partial charge in [0, 0.05) is 6.54 Å². The molecule has 1 aliphatic rings. The highest BCUT2D eigenvalue weighted by atomic mass is 16.5. The van der Waals surface area contributed by atoms with Crippen molar-refractivity contribution in [2.75, 3.05) is 19.7 Å². The van der Waals surface area contributed by atoms with Crippen LogP contribution in [-0.4, -0.2) is 59.8 Å². The fourth-order valence-corrected chi connectivity index (χ4v) is 2.73. The number of nitrogens with zero attached hydrogens (tertiary/aromatic N) is 1. The van der Waals surface area contributed by atoms with Gasteiger partial charge in [0.1, 0.15) is 12.1 Å². The van der Waals surface area contributed by atoms with Crippen LogP contribution in [0.3, 0.4) is 0 Å². The first-order valence-corrected chi connectivity index (χ1v) is 8.67. The molecule has 1 heterocycles. The number of hydrogen-bond donors (Lipinski definition) is 3. The first-order valence-electron chi connectivity index (χ1n) is 8.67. The first kappa shape index (κ1) is 20.2. The Morgan fingerprint density at radius 3 is 2.71 bits per heavy atom. The lowest BCUT2D eigenvalue weighted by molar-refractivity contribution is -0.149. The normalized spacial score (nSPS) is 18.2. The Morgan fingerprint density at radius 2 is 2.08 bits per heavy atom. The summed E-state index contributed by atoms with van der Waals surface area (Å²) in [6.07, 6.45) is 3.94. The molecule has 0 bridgehead atoms. The summed E-state index contributed by atoms with van der Waals surface area (Å²) in [5.74, 6) is -1.36. The number of nitrogens with two attached hydrogens (primary N) is 1. The predicted molar refractivity (Wildman–Crippen MR) is 88.5 cm³/mol. The molecule has 8 heteroatoms. The quantitative estimate of drug-likeness (QED) is 0.510. The van der Waals surface area contributed by atoms with Crippen LogP contribution in [0.1, 0.15) is 51.9 Å². The summed E-state index contributed by atoms with van der Waals surface area (Å²) in [7, 11) is 0. The van der Waals surface area contributed by atoms with Gasteiger partial charge >= 0.3 is 12.1 Å². The first-order chi connectivity index (χ1) is 11.5. The Morgan fingerprint density at radius 1 is 1.33 bits per heavy atom. The molecule has 2 amide bonds. The molecule has 1 fully saturated rings. The van der Waals surface area contributed by atoms with E-state index in [4.69, 9.17) is 10.5 Å². The molecule has 4 N–H and O–H groups in total. The monoisotopic (exact) mass is 343 g/mol. The van der Waals surface area contributed by atoms with Crippen molar-refractivity contribution in [1.82, 2.24) is 10.2 Å². The van der Waals surface area contributed by atoms with Crippen LogP contribution in [0, 0.1) is 0 Å². The van der Waals surface area contributed by atoms with E-state index in [1.165, 1.54) is 4.90 Å². The summed E-state index contributed by atoms with van der Waals surface area (Å²) >= 11 is 0. The third kappa shape index (κ3) is 6.35. The van der Waals surface area contributed by atoms with Gasteiger partial charge in [-0.2, -0.15) is 0 Å². The second-order valence-corrected chi connectivity index (χ2v) is 6.00. The van der Waals surface area contributed by atoms with E-state index < -0.39 is 24.1 Å². The summed E-state index contributed by atoms with van der Waals surface area (Å²) in [5.41, 5.74) is 5.47. The second-order valence-electron chi connectivity index (χ2n) is 6.00. The fourth-order valence-electron chi connectivity index (χ4n) is 2.73. The number of rotatable bonds is 10. The van der Waals surface area contributed by atoms with Crippen molar-refractivity contribution in [2.45, 2.75) is 64.0 Å². The number of amides is 2. The minimum atomic E-state index is -1.01. The Labute approximate surface area is 142 Å². The van der Waals surface area contributed by atoms with Gasteiger partial charge in [-0.1, -0.05) is 13.3 Å². The molecule has 0 aliphatic carbocycles. The van der Waals surface area contributed by atoms with E-state index in [1.807, 2.05) is 6.92 Å². The number of alkyl carbamates (subject to hydrolysis) is 1. The number of ether oxygens (including phenoxy) is 1. The third-order valence-electron chi connectivity index (χ3n) is 4.09. The molecule has 0 spiro atoms. The number of carbonyl (C=O) groups excluding carboxylic acids is 2. The van der Waals surface area contributed by atoms with Crippen LogP contribution < -0.4 is 11.1 Å². The lowest BCUT2D eigenvalue weighted by atomic mass is 10.1. The van der Waals surface area contributed by atoms with E-state index in [2.05, 4.69) is 5.32 Å². The molecule has 2 atom stereocenters. The summed E-state index contributed by atoms with van der Waals surface area (Å²) in [6, 6.07) is -1.59. The van der Waals surface area contributed by atoms with Gasteiger partial charge in [0.15, 0.2) is 0 Å². The van der Waals surface area contributed by atoms with Crippen LogP contribution in [0.25, 0.3) is 0 Å². The molecule has 0 saturated carbocycles. The Bertz CT molecular complexity index is 430. The minimum absolute atomic E-state index is 0.299. The average Bonchev–Trinajstić information content (AvgIpc) is 3.03. The van der Waals surface area contributed by atoms with Crippen molar-refractivity contribution in [3.8, 4) is 0 Å². The molecule has 0 aromatic carbocycles. The number of likely N-dealkylation sites (tertiary alicyclic amines) is 1. The maximum Gasteiger partial charge on any atom is 0.407 e. The maximum atomic E-state index is 12.7. The second kappa shape index (κ2) is 10.9. The summed E-state index contributed by atoms with van der Waals surface area (Å²) < 4.78 is 5.04. The minimum Gasteiger partial charge on any atom is -0.480 e. The summed E-state index contributed by atoms with van der Waals surface area (Å²) in [4.78, 5) is 37.2. The third-order valence-corrected chi connectivity index (χ3v) is 4.09. The van der Waals surface area contributed by atoms with Gasteiger partial charge in [0.25, 0.3) is 0 Å². The topological polar surface area (TPSA) is 122 Å². The van der Waals surface area contributed by atoms with Crippen LogP contribution in [0.5, 0.6) is 0 Å². The van der Waals surface area contributed by atoms with Gasteiger partial charge < -0.3 is 25.8 Å². The number of nitrogens with one attached hydrogen (secondary N) is 1. The Balaban J connectivity index is 2.67. The molecule has 1 rings (SSSR count). The molecule has 1 aliphatic heterocycles. The van der Waals surface area contributed by atoms with Crippen molar-refractivity contribution >= 4 is 18.0 Å². The molecule has 0 aromatic heterocycles. The highest BCUT2D eigenvalue weighted by molar-refractivity contribution is 5.89. The predicted octanol–water partition coefficient (Wildman–Crippen LogP) is 1.09. The van der Waals surface area contributed by atoms with Crippen LogP contribution >= 0.6 is 0 Å². The number of carbonyl (C=O) groups is 3. The van der Waals surface area contributed by atoms with E-state index in [1.54, 1.807) is 0 Å². The molecule has 8 nitrogen and oxygen atoms in total. The van der Waals surface area contributed by atoms with Crippen molar-refractivity contribution < 1.29 is 24.2 Å². The zero-order chi connectivity index (χ0) is 17.9. The van der Waals surface area contributed by atoms with Gasteiger partial charge in [-0.3, -0.25) is 4.79 Å². The summed E-state index contributed by atoms with van der Waals surface area (Å²) in [5, 5.41) is 11.8. The van der Waals surface area contributed by atoms with Crippen molar-refractivity contribution in [3.63, 3.8) is 0 Å². The molecular weight excluding hydrogens is 314 g/mol. The lowest BCUT2D eigenvalue weighted by Gasteiger charge is -2.27. The average molecular weight is 343 g/mol. The zero-order valence-corrected chi connectivity index (χ0v) is 14.3. The Hall–Kier alpha value is -1.83. The number of carboxylic acids is 1. The van der Waals surface area contributed by atoms with Crippen molar-refractivity contribution in [2.24, 2.45) is 5.73 Å². The zero-order valence-electron chi connectivity index (χ0n) is 14.3. The van der Waals surface area contributed by atoms with E-state index >= 15 is 0 Å². The SMILES string of the molecule is CCCCOC(=O)NC(CCCCN)C(=O)N1CCC[C@H]1C(=O)O. The molecule has 0 radical (unpaired) electrons. The van der Waals surface area contributed by atoms with Gasteiger partial charge in [-0.15, -0.1) is 0 Å². The van der Waals surface area contributed by atoms with Gasteiger partial charge in [-0.25, -0.2) is 9.59 Å². The molecule has 1 saturated heterocycles. The highest BCUT2D eigenvalue weighted by Crippen LogP contribution is 2.19. The summed E-state index contributed by atoms with van der Waals surface area (Å²) in [6.45, 7) is 3.19. The molecular formula is C16H29N3O5. The van der Waals surface area contributed by atoms with E-state index in [-0.39, 0.29) is 5.91 Å². The van der Waals surface area contributed by atoms with Gasteiger partial charge in [0.2, 0.25) is 5.91 Å². The van der Waals surface area contributed by atoms with E-state index in [9.17, 15) is 19.5 Å². The number of aliphatic carboxylic acids is 1. The van der Waals surface area contributed by atoms with Crippen LogP contribution in [0.2, 0.25) is 0 Å². The van der Waals surface area contributed by atoms with Crippen LogP contribution in [0.15, 0.2) is 0 Å². The molecule has 24 heavy (non-hydrogen) atoms. The fraction of sp³-hybridized carbons (Fsp3) is 0.812. The van der Waals surface area contributed by atoms with Gasteiger partial charge in [-0.05, 0) is 45.1 Å². The molecule has 1 unspecified atom stereocenters. The van der Waals surface area contributed by atoms with Gasteiger partial charge in [0.05, 0.1) is 6.61 Å². The van der Waals surface area contributed by atoms with Crippen LogP contribution in [-0.2, 0) is 14.3 Å². The Kier molecular flexibility index (Phi) is 9.14. The molecule has 0 aromatic rings. The lowest BCUT2D eigenvalue weighted by Crippen LogP contribution is -2.51. The van der Waals surface area contributed by atoms with Crippen LogP contribution in [0.4, 0.5) is 4.79 Å². The van der Waals surface area contributed by atoms with E-state index in [0.29, 0.717) is 45.4 Å². The smallest absolute Gasteiger partial charge is 0.407 e.